The first-order chi connectivity index (χ1) is 18.9. The van der Waals surface area contributed by atoms with E-state index >= 15 is 0 Å². The van der Waals surface area contributed by atoms with Crippen LogP contribution in [-0.4, -0.2) is 57.2 Å². The number of rotatable bonds is 7. The highest BCUT2D eigenvalue weighted by Crippen LogP contribution is 2.35. The number of alkyl halides is 3. The number of aryl methyl sites for hydroxylation is 1. The van der Waals surface area contributed by atoms with Gasteiger partial charge in [0.15, 0.2) is 11.4 Å². The molecule has 40 heavy (non-hydrogen) atoms. The van der Waals surface area contributed by atoms with Gasteiger partial charge in [-0.3, -0.25) is 9.48 Å². The second kappa shape index (κ2) is 11.9. The maximum absolute atomic E-state index is 14.0. The van der Waals surface area contributed by atoms with Crippen LogP contribution >= 0.6 is 22.9 Å². The number of benzene rings is 1. The van der Waals surface area contributed by atoms with Gasteiger partial charge in [0.1, 0.15) is 25.0 Å². The van der Waals surface area contributed by atoms with Crippen molar-refractivity contribution in [3.63, 3.8) is 0 Å². The topological polar surface area (TPSA) is 104 Å². The van der Waals surface area contributed by atoms with Crippen molar-refractivity contribution in [2.24, 2.45) is 0 Å². The normalized spacial score (nSPS) is 17.5. The Kier molecular flexibility index (Phi) is 8.78. The number of carbonyl (C=O) groups is 3. The summed E-state index contributed by atoms with van der Waals surface area (Å²) in [6.45, 7) is 0.623. The summed E-state index contributed by atoms with van der Waals surface area (Å²) in [6, 6.07) is 3.92. The fourth-order valence-corrected chi connectivity index (χ4v) is 5.48. The van der Waals surface area contributed by atoms with Crippen LogP contribution < -0.4 is 0 Å². The molecule has 1 aliphatic rings. The highest BCUT2D eigenvalue weighted by Gasteiger charge is 2.39. The minimum atomic E-state index is -4.66. The van der Waals surface area contributed by atoms with Crippen LogP contribution in [0.5, 0.6) is 0 Å². The van der Waals surface area contributed by atoms with Crippen LogP contribution in [0.2, 0.25) is 5.02 Å². The monoisotopic (exact) mass is 602 g/mol. The van der Waals surface area contributed by atoms with Crippen molar-refractivity contribution in [2.75, 3.05) is 13.7 Å². The minimum Gasteiger partial charge on any atom is -0.467 e. The molecule has 1 aliphatic heterocycles. The summed E-state index contributed by atoms with van der Waals surface area (Å²) in [7, 11) is 1.17. The van der Waals surface area contributed by atoms with E-state index < -0.39 is 48.1 Å². The van der Waals surface area contributed by atoms with Gasteiger partial charge in [-0.15, -0.1) is 11.3 Å². The number of ether oxygens (including phenoxy) is 2. The number of thiazole rings is 1. The summed E-state index contributed by atoms with van der Waals surface area (Å²) in [5, 5.41) is 5.59. The van der Waals surface area contributed by atoms with E-state index in [0.29, 0.717) is 11.4 Å². The molecular weight excluding hydrogens is 580 g/mol. The molecule has 0 radical (unpaired) electrons. The van der Waals surface area contributed by atoms with E-state index in [9.17, 15) is 31.9 Å². The number of piperidine rings is 1. The fraction of sp³-hybridized carbons (Fsp3) is 0.400. The number of hydrogen-bond acceptors (Lipinski definition) is 8. The van der Waals surface area contributed by atoms with Crippen molar-refractivity contribution in [3.05, 3.63) is 68.1 Å². The lowest BCUT2D eigenvalue weighted by atomic mass is 9.91. The molecule has 0 aliphatic carbocycles. The number of esters is 2. The number of halogens is 5. The van der Waals surface area contributed by atoms with Crippen LogP contribution in [0.4, 0.5) is 17.6 Å². The first-order valence-corrected chi connectivity index (χ1v) is 13.2. The number of hydrogen-bond donors (Lipinski definition) is 0. The largest absolute Gasteiger partial charge is 0.467 e. The molecule has 0 spiro atoms. The van der Waals surface area contributed by atoms with Gasteiger partial charge in [0.25, 0.3) is 0 Å². The summed E-state index contributed by atoms with van der Waals surface area (Å²) < 4.78 is 64.0. The Balaban J connectivity index is 1.43. The molecule has 2 atom stereocenters. The first kappa shape index (κ1) is 29.5. The average molecular weight is 603 g/mol. The highest BCUT2D eigenvalue weighted by atomic mass is 35.5. The van der Waals surface area contributed by atoms with Gasteiger partial charge in [-0.25, -0.2) is 19.0 Å². The molecule has 9 nitrogen and oxygen atoms in total. The summed E-state index contributed by atoms with van der Waals surface area (Å²) in [5.41, 5.74) is -0.943. The zero-order valence-corrected chi connectivity index (χ0v) is 22.8. The number of carbonyl (C=O) groups excluding carboxylic acids is 3. The van der Waals surface area contributed by atoms with Crippen molar-refractivity contribution in [1.82, 2.24) is 19.7 Å². The van der Waals surface area contributed by atoms with Crippen LogP contribution in [0, 0.1) is 12.7 Å². The van der Waals surface area contributed by atoms with Gasteiger partial charge in [0.05, 0.1) is 17.1 Å². The summed E-state index contributed by atoms with van der Waals surface area (Å²) in [5.74, 6) is -3.00. The Bertz CT molecular complexity index is 1410. The van der Waals surface area contributed by atoms with Crippen molar-refractivity contribution >= 4 is 40.8 Å². The molecule has 1 aromatic carbocycles. The number of nitrogens with zero attached hydrogens (tertiary/aromatic N) is 4. The van der Waals surface area contributed by atoms with Gasteiger partial charge < -0.3 is 14.4 Å². The maximum atomic E-state index is 14.0. The van der Waals surface area contributed by atoms with E-state index in [1.54, 1.807) is 0 Å². The van der Waals surface area contributed by atoms with Crippen LogP contribution in [0.15, 0.2) is 29.6 Å². The third-order valence-corrected chi connectivity index (χ3v) is 7.80. The molecule has 0 bridgehead atoms. The number of amides is 1. The van der Waals surface area contributed by atoms with Gasteiger partial charge >= 0.3 is 18.1 Å². The second-order valence-electron chi connectivity index (χ2n) is 9.02. The predicted molar refractivity (Wildman–Crippen MR) is 134 cm³/mol. The number of likely N-dealkylation sites (tertiary alicyclic amines) is 1. The molecule has 0 N–H and O–H groups in total. The molecule has 0 saturated carbocycles. The van der Waals surface area contributed by atoms with Crippen molar-refractivity contribution in [2.45, 2.75) is 51.1 Å². The molecule has 15 heteroatoms. The van der Waals surface area contributed by atoms with Gasteiger partial charge in [0, 0.05) is 29.1 Å². The average Bonchev–Trinajstić information content (AvgIpc) is 3.55. The zero-order valence-electron chi connectivity index (χ0n) is 21.2. The van der Waals surface area contributed by atoms with Gasteiger partial charge in [-0.05, 0) is 38.0 Å². The first-order valence-electron chi connectivity index (χ1n) is 11.9. The van der Waals surface area contributed by atoms with Crippen LogP contribution in [0.3, 0.4) is 0 Å². The number of aromatic nitrogens is 3. The van der Waals surface area contributed by atoms with E-state index in [1.807, 2.05) is 0 Å². The predicted octanol–water partition coefficient (Wildman–Crippen LogP) is 4.76. The standard InChI is InChI=1S/C25H23ClF4N4O5S/c1-13-8-20(25(28,29)30)32-34(13)10-21(35)33-7-6-14(9-19(33)24(37)38-2)22-31-18(12-40-22)23(36)39-11-15-16(26)4-3-5-17(15)27/h3-5,8,12,14,19H,6-7,9-11H2,1-2H3. The van der Waals surface area contributed by atoms with Gasteiger partial charge in [-0.1, -0.05) is 17.7 Å². The zero-order chi connectivity index (χ0) is 29.2. The maximum Gasteiger partial charge on any atom is 0.435 e. The summed E-state index contributed by atoms with van der Waals surface area (Å²) >= 11 is 7.13. The Labute approximate surface area is 234 Å². The molecule has 3 aromatic rings. The molecule has 4 rings (SSSR count). The van der Waals surface area contributed by atoms with E-state index in [2.05, 4.69) is 10.1 Å². The second-order valence-corrected chi connectivity index (χ2v) is 10.3. The molecule has 1 saturated heterocycles. The SMILES string of the molecule is COC(=O)C1CC(c2nc(C(=O)OCc3c(F)cccc3Cl)cs2)CCN1C(=O)Cn1nc(C(F)(F)F)cc1C. The van der Waals surface area contributed by atoms with E-state index in [-0.39, 0.29) is 47.5 Å². The molecule has 3 heterocycles. The quantitative estimate of drug-likeness (QED) is 0.284. The Hall–Kier alpha value is -3.52. The third-order valence-electron chi connectivity index (χ3n) is 6.44. The van der Waals surface area contributed by atoms with Crippen LogP contribution in [-0.2, 0) is 38.4 Å². The van der Waals surface area contributed by atoms with E-state index in [0.717, 1.165) is 22.1 Å². The van der Waals surface area contributed by atoms with Crippen molar-refractivity contribution < 1.29 is 41.4 Å². The van der Waals surface area contributed by atoms with E-state index in [1.165, 1.54) is 42.5 Å². The van der Waals surface area contributed by atoms with Crippen LogP contribution in [0.1, 0.15) is 51.2 Å². The Morgan fingerprint density at radius 3 is 2.65 bits per heavy atom. The summed E-state index contributed by atoms with van der Waals surface area (Å²) in [4.78, 5) is 43.7. The molecule has 214 valence electrons. The number of methoxy groups -OCH3 is 1. The third kappa shape index (κ3) is 6.44. The summed E-state index contributed by atoms with van der Waals surface area (Å²) in [6.07, 6.45) is -4.16. The fourth-order valence-electron chi connectivity index (χ4n) is 4.33. The van der Waals surface area contributed by atoms with Crippen molar-refractivity contribution in [1.29, 1.82) is 0 Å². The lowest BCUT2D eigenvalue weighted by molar-refractivity contribution is -0.155. The highest BCUT2D eigenvalue weighted by molar-refractivity contribution is 7.09. The molecule has 2 unspecified atom stereocenters. The molecule has 2 aromatic heterocycles. The van der Waals surface area contributed by atoms with E-state index in [4.69, 9.17) is 21.1 Å². The molecule has 1 amide bonds. The Morgan fingerprint density at radius 1 is 1.25 bits per heavy atom. The minimum absolute atomic E-state index is 0.00443. The lowest BCUT2D eigenvalue weighted by Crippen LogP contribution is -2.51. The van der Waals surface area contributed by atoms with Gasteiger partial charge in [-0.2, -0.15) is 18.3 Å². The van der Waals surface area contributed by atoms with Crippen molar-refractivity contribution in [3.8, 4) is 0 Å². The molecular formula is C25H23ClF4N4O5S. The smallest absolute Gasteiger partial charge is 0.435 e. The lowest BCUT2D eigenvalue weighted by Gasteiger charge is -2.37. The van der Waals surface area contributed by atoms with Gasteiger partial charge in [0.2, 0.25) is 5.91 Å². The van der Waals surface area contributed by atoms with Crippen LogP contribution in [0.25, 0.3) is 0 Å². The Morgan fingerprint density at radius 2 is 2.00 bits per heavy atom. The molecule has 1 fully saturated rings.